The highest BCUT2D eigenvalue weighted by Gasteiger charge is 2.24. The highest BCUT2D eigenvalue weighted by Crippen LogP contribution is 2.23. The van der Waals surface area contributed by atoms with E-state index in [-0.39, 0.29) is 11.7 Å². The molecule has 3 aromatic heterocycles. The van der Waals surface area contributed by atoms with Crippen LogP contribution in [0.5, 0.6) is 0 Å². The van der Waals surface area contributed by atoms with Gasteiger partial charge >= 0.3 is 0 Å². The van der Waals surface area contributed by atoms with E-state index < -0.39 is 6.04 Å². The Morgan fingerprint density at radius 2 is 2.21 bits per heavy atom. The molecule has 1 amide bonds. The van der Waals surface area contributed by atoms with E-state index in [4.69, 9.17) is 4.52 Å². The van der Waals surface area contributed by atoms with E-state index in [1.807, 2.05) is 6.07 Å². The molecule has 2 N–H and O–H groups in total. The van der Waals surface area contributed by atoms with Gasteiger partial charge in [-0.1, -0.05) is 24.2 Å². The summed E-state index contributed by atoms with van der Waals surface area (Å²) in [6.07, 6.45) is 2.00. The van der Waals surface area contributed by atoms with E-state index in [0.717, 1.165) is 5.52 Å². The normalized spacial score (nSPS) is 12.6. The molecule has 0 saturated heterocycles. The predicted molar refractivity (Wildman–Crippen MR) is 97.8 cm³/mol. The van der Waals surface area contributed by atoms with Crippen LogP contribution < -0.4 is 5.32 Å². The smallest absolute Gasteiger partial charge is 0.252 e. The Hall–Kier alpha value is -3.63. The number of benzene rings is 1. The molecule has 0 radical (unpaired) electrons. The Kier molecular flexibility index (Phi) is 4.55. The van der Waals surface area contributed by atoms with Crippen molar-refractivity contribution >= 4 is 16.9 Å². The number of aryl methyl sites for hydroxylation is 1. The van der Waals surface area contributed by atoms with Crippen molar-refractivity contribution in [3.8, 4) is 11.6 Å². The molecule has 0 fully saturated rings. The Labute approximate surface area is 159 Å². The number of aromatic nitrogens is 8. The molecular weight excluding hydrogens is 362 g/mol. The summed E-state index contributed by atoms with van der Waals surface area (Å²) in [7, 11) is 1.80. The molecule has 0 saturated carbocycles. The zero-order chi connectivity index (χ0) is 19.7. The molecule has 1 aromatic carbocycles. The van der Waals surface area contributed by atoms with E-state index in [1.165, 1.54) is 6.33 Å². The lowest BCUT2D eigenvalue weighted by Crippen LogP contribution is -2.29. The molecule has 0 spiro atoms. The molecule has 0 unspecified atom stereocenters. The zero-order valence-electron chi connectivity index (χ0n) is 15.6. The van der Waals surface area contributed by atoms with Crippen LogP contribution in [0.15, 0.2) is 29.0 Å². The van der Waals surface area contributed by atoms with Gasteiger partial charge in [0.05, 0.1) is 5.52 Å². The third-order valence-corrected chi connectivity index (χ3v) is 4.25. The summed E-state index contributed by atoms with van der Waals surface area (Å²) in [6, 6.07) is 4.82. The van der Waals surface area contributed by atoms with Crippen molar-refractivity contribution in [2.75, 3.05) is 0 Å². The van der Waals surface area contributed by atoms with Crippen molar-refractivity contribution in [1.29, 1.82) is 0 Å². The number of hydrogen-bond acceptors (Lipinski definition) is 8. The fraction of sp³-hybridized carbons (Fsp3) is 0.353. The quantitative estimate of drug-likeness (QED) is 0.514. The Morgan fingerprint density at radius 3 is 2.96 bits per heavy atom. The van der Waals surface area contributed by atoms with Crippen LogP contribution in [0.25, 0.3) is 22.7 Å². The zero-order valence-corrected chi connectivity index (χ0v) is 15.6. The van der Waals surface area contributed by atoms with E-state index in [1.54, 1.807) is 23.9 Å². The summed E-state index contributed by atoms with van der Waals surface area (Å²) in [5, 5.41) is 21.4. The Bertz CT molecular complexity index is 1100. The second-order valence-electron chi connectivity index (χ2n) is 6.86. The molecule has 1 atom stereocenters. The maximum Gasteiger partial charge on any atom is 0.252 e. The van der Waals surface area contributed by atoms with Gasteiger partial charge in [0.1, 0.15) is 17.9 Å². The first kappa shape index (κ1) is 17.8. The lowest BCUT2D eigenvalue weighted by molar-refractivity contribution is 0.0922. The highest BCUT2D eigenvalue weighted by molar-refractivity contribution is 5.97. The highest BCUT2D eigenvalue weighted by atomic mass is 16.5. The molecule has 28 heavy (non-hydrogen) atoms. The summed E-state index contributed by atoms with van der Waals surface area (Å²) >= 11 is 0. The minimum absolute atomic E-state index is 0.252. The van der Waals surface area contributed by atoms with Crippen LogP contribution in [-0.2, 0) is 7.05 Å². The van der Waals surface area contributed by atoms with Gasteiger partial charge in [-0.05, 0) is 30.5 Å². The van der Waals surface area contributed by atoms with Crippen molar-refractivity contribution in [2.24, 2.45) is 13.0 Å². The standard InChI is InChI=1S/C17H19N9O2/c1-9(2)6-12(17-21-15(24-28-17)14-18-8-19-23-14)20-16(27)10-4-5-13-11(7-10)22-25-26(13)3/h4-5,7-9,12H,6H2,1-3H3,(H,20,27)(H,18,19,23)/t12-/m0/s1. The van der Waals surface area contributed by atoms with Gasteiger partial charge in [-0.3, -0.25) is 9.89 Å². The number of rotatable bonds is 6. The summed E-state index contributed by atoms with van der Waals surface area (Å²) in [4.78, 5) is 21.2. The van der Waals surface area contributed by atoms with E-state index >= 15 is 0 Å². The number of hydrogen-bond donors (Lipinski definition) is 2. The number of nitrogens with zero attached hydrogens (tertiary/aromatic N) is 7. The number of carbonyl (C=O) groups is 1. The van der Waals surface area contributed by atoms with Crippen molar-refractivity contribution in [2.45, 2.75) is 26.3 Å². The Morgan fingerprint density at radius 1 is 1.36 bits per heavy atom. The molecule has 11 nitrogen and oxygen atoms in total. The van der Waals surface area contributed by atoms with Gasteiger partial charge in [0.25, 0.3) is 5.91 Å². The molecule has 0 aliphatic rings. The van der Waals surface area contributed by atoms with Crippen LogP contribution in [-0.4, -0.2) is 46.2 Å². The van der Waals surface area contributed by atoms with E-state index in [0.29, 0.717) is 35.1 Å². The maximum atomic E-state index is 12.8. The van der Waals surface area contributed by atoms with Gasteiger partial charge in [0.15, 0.2) is 5.82 Å². The lowest BCUT2D eigenvalue weighted by Gasteiger charge is -2.17. The monoisotopic (exact) mass is 381 g/mol. The van der Waals surface area contributed by atoms with Crippen LogP contribution in [0.1, 0.15) is 42.6 Å². The summed E-state index contributed by atoms with van der Waals surface area (Å²) in [5.74, 6) is 1.05. The van der Waals surface area contributed by atoms with Gasteiger partial charge in [-0.2, -0.15) is 10.1 Å². The number of aromatic amines is 1. The van der Waals surface area contributed by atoms with Gasteiger partial charge in [0.2, 0.25) is 11.7 Å². The molecule has 0 aliphatic carbocycles. The molecule has 11 heteroatoms. The topological polar surface area (TPSA) is 140 Å². The average Bonchev–Trinajstić information content (AvgIpc) is 3.41. The number of nitrogens with one attached hydrogen (secondary N) is 2. The summed E-state index contributed by atoms with van der Waals surface area (Å²) < 4.78 is 7.03. The SMILES string of the molecule is CC(C)C[C@H](NC(=O)c1ccc2c(c1)nnn2C)c1nc(-c2ncn[nH]2)no1. The van der Waals surface area contributed by atoms with Crippen LogP contribution >= 0.6 is 0 Å². The second kappa shape index (κ2) is 7.18. The molecule has 144 valence electrons. The van der Waals surface area contributed by atoms with Crippen molar-refractivity contribution in [3.05, 3.63) is 36.0 Å². The van der Waals surface area contributed by atoms with E-state index in [2.05, 4.69) is 54.8 Å². The minimum Gasteiger partial charge on any atom is -0.340 e. The van der Waals surface area contributed by atoms with Crippen molar-refractivity contribution < 1.29 is 9.32 Å². The van der Waals surface area contributed by atoms with Crippen LogP contribution in [0.4, 0.5) is 0 Å². The molecular formula is C17H19N9O2. The largest absolute Gasteiger partial charge is 0.340 e. The third kappa shape index (κ3) is 3.46. The Balaban J connectivity index is 1.58. The maximum absolute atomic E-state index is 12.8. The fourth-order valence-electron chi connectivity index (χ4n) is 2.90. The number of carbonyl (C=O) groups excluding carboxylic acids is 1. The fourth-order valence-corrected chi connectivity index (χ4v) is 2.90. The number of fused-ring (bicyclic) bond motifs is 1. The molecule has 0 aliphatic heterocycles. The lowest BCUT2D eigenvalue weighted by atomic mass is 10.0. The van der Waals surface area contributed by atoms with Gasteiger partial charge in [0, 0.05) is 12.6 Å². The molecule has 0 bridgehead atoms. The first-order valence-electron chi connectivity index (χ1n) is 8.81. The average molecular weight is 381 g/mol. The summed E-state index contributed by atoms with van der Waals surface area (Å²) in [6.45, 7) is 4.11. The minimum atomic E-state index is -0.436. The van der Waals surface area contributed by atoms with Crippen molar-refractivity contribution in [1.82, 2.24) is 45.6 Å². The first-order valence-corrected chi connectivity index (χ1v) is 8.81. The van der Waals surface area contributed by atoms with Crippen molar-refractivity contribution in [3.63, 3.8) is 0 Å². The van der Waals surface area contributed by atoms with Gasteiger partial charge < -0.3 is 9.84 Å². The van der Waals surface area contributed by atoms with Crippen LogP contribution in [0.2, 0.25) is 0 Å². The van der Waals surface area contributed by atoms with E-state index in [9.17, 15) is 4.79 Å². The number of H-pyrrole nitrogens is 1. The first-order chi connectivity index (χ1) is 13.5. The second-order valence-corrected chi connectivity index (χ2v) is 6.86. The van der Waals surface area contributed by atoms with Crippen LogP contribution in [0.3, 0.4) is 0 Å². The third-order valence-electron chi connectivity index (χ3n) is 4.25. The summed E-state index contributed by atoms with van der Waals surface area (Å²) in [5.41, 5.74) is 1.99. The van der Waals surface area contributed by atoms with Gasteiger partial charge in [-0.25, -0.2) is 9.67 Å². The molecule has 4 aromatic rings. The molecule has 3 heterocycles. The predicted octanol–water partition coefficient (Wildman–Crippen LogP) is 1.65. The van der Waals surface area contributed by atoms with Gasteiger partial charge in [-0.15, -0.1) is 5.10 Å². The van der Waals surface area contributed by atoms with Crippen LogP contribution in [0, 0.1) is 5.92 Å². The number of amides is 1. The molecule has 4 rings (SSSR count).